The van der Waals surface area contributed by atoms with Crippen LogP contribution >= 0.6 is 0 Å². The van der Waals surface area contributed by atoms with Gasteiger partial charge in [-0.25, -0.2) is 8.42 Å². The summed E-state index contributed by atoms with van der Waals surface area (Å²) in [4.78, 5) is 0. The van der Waals surface area contributed by atoms with Gasteiger partial charge in [-0.2, -0.15) is 0 Å². The zero-order valence-electron chi connectivity index (χ0n) is 12.1. The van der Waals surface area contributed by atoms with Crippen LogP contribution in [0.3, 0.4) is 0 Å². The van der Waals surface area contributed by atoms with Gasteiger partial charge in [-0.1, -0.05) is 33.6 Å². The molecule has 1 aliphatic carbocycles. The smallest absolute Gasteiger partial charge is 0.154 e. The first-order valence-corrected chi connectivity index (χ1v) is 9.14. The number of hydrogen-bond acceptors (Lipinski definition) is 3. The highest BCUT2D eigenvalue weighted by atomic mass is 32.2. The summed E-state index contributed by atoms with van der Waals surface area (Å²) >= 11 is 0. The van der Waals surface area contributed by atoms with Crippen molar-refractivity contribution in [3.63, 3.8) is 0 Å². The van der Waals surface area contributed by atoms with Crippen LogP contribution in [0.5, 0.6) is 0 Å². The maximum absolute atomic E-state index is 12.4. The molecule has 2 unspecified atom stereocenters. The topological polar surface area (TPSA) is 46.2 Å². The Morgan fingerprint density at radius 3 is 2.50 bits per heavy atom. The summed E-state index contributed by atoms with van der Waals surface area (Å²) < 4.78 is 24.8. The van der Waals surface area contributed by atoms with Crippen LogP contribution in [0.2, 0.25) is 0 Å². The summed E-state index contributed by atoms with van der Waals surface area (Å²) in [7, 11) is -2.92. The van der Waals surface area contributed by atoms with Crippen molar-refractivity contribution >= 4 is 9.84 Å². The number of sulfone groups is 1. The molecular formula is C14H29NO2S. The molecule has 4 heteroatoms. The summed E-state index contributed by atoms with van der Waals surface area (Å²) in [5, 5.41) is 3.29. The molecule has 1 N–H and O–H groups in total. The van der Waals surface area contributed by atoms with E-state index in [1.165, 1.54) is 0 Å². The highest BCUT2D eigenvalue weighted by molar-refractivity contribution is 7.92. The lowest BCUT2D eigenvalue weighted by Gasteiger charge is -2.32. The summed E-state index contributed by atoms with van der Waals surface area (Å²) in [5.74, 6) is 0.824. The second kappa shape index (κ2) is 7.49. The molecular weight excluding hydrogens is 246 g/mol. The van der Waals surface area contributed by atoms with Crippen LogP contribution in [0.15, 0.2) is 0 Å². The molecule has 0 bridgehead atoms. The van der Waals surface area contributed by atoms with Crippen molar-refractivity contribution < 1.29 is 8.42 Å². The fraction of sp³-hybridized carbons (Fsp3) is 1.00. The molecule has 18 heavy (non-hydrogen) atoms. The van der Waals surface area contributed by atoms with Gasteiger partial charge in [0.25, 0.3) is 0 Å². The molecule has 3 nitrogen and oxygen atoms in total. The van der Waals surface area contributed by atoms with Crippen molar-refractivity contribution in [3.05, 3.63) is 0 Å². The Bertz CT molecular complexity index is 325. The zero-order valence-corrected chi connectivity index (χ0v) is 12.9. The third kappa shape index (κ3) is 4.88. The highest BCUT2D eigenvalue weighted by Gasteiger charge is 2.34. The van der Waals surface area contributed by atoms with Crippen LogP contribution < -0.4 is 5.32 Å². The highest BCUT2D eigenvalue weighted by Crippen LogP contribution is 2.26. The van der Waals surface area contributed by atoms with E-state index in [1.807, 2.05) is 0 Å². The van der Waals surface area contributed by atoms with Crippen molar-refractivity contribution in [2.24, 2.45) is 5.92 Å². The maximum atomic E-state index is 12.4. The van der Waals surface area contributed by atoms with Gasteiger partial charge in [0, 0.05) is 6.04 Å². The van der Waals surface area contributed by atoms with Gasteiger partial charge in [-0.15, -0.1) is 0 Å². The summed E-state index contributed by atoms with van der Waals surface area (Å²) in [6.07, 6.45) is 5.95. The van der Waals surface area contributed by atoms with Gasteiger partial charge in [0.05, 0.1) is 11.0 Å². The van der Waals surface area contributed by atoms with Gasteiger partial charge < -0.3 is 5.32 Å². The molecule has 0 aromatic carbocycles. The molecule has 0 amide bonds. The molecule has 0 saturated heterocycles. The molecule has 1 saturated carbocycles. The minimum Gasteiger partial charge on any atom is -0.313 e. The molecule has 0 heterocycles. The first-order chi connectivity index (χ1) is 8.47. The monoisotopic (exact) mass is 275 g/mol. The lowest BCUT2D eigenvalue weighted by atomic mass is 9.95. The minimum absolute atomic E-state index is 0.142. The largest absolute Gasteiger partial charge is 0.313 e. The Kier molecular flexibility index (Phi) is 6.64. The van der Waals surface area contributed by atoms with Crippen molar-refractivity contribution in [2.45, 2.75) is 70.6 Å². The van der Waals surface area contributed by atoms with E-state index in [0.29, 0.717) is 11.7 Å². The van der Waals surface area contributed by atoms with Gasteiger partial charge >= 0.3 is 0 Å². The molecule has 1 aliphatic rings. The van der Waals surface area contributed by atoms with Crippen LogP contribution in [0.4, 0.5) is 0 Å². The third-order valence-electron chi connectivity index (χ3n) is 3.80. The Morgan fingerprint density at radius 1 is 1.22 bits per heavy atom. The lowest BCUT2D eigenvalue weighted by molar-refractivity contribution is 0.370. The van der Waals surface area contributed by atoms with Gasteiger partial charge in [0.2, 0.25) is 0 Å². The molecule has 0 aromatic rings. The van der Waals surface area contributed by atoms with Gasteiger partial charge in [0.15, 0.2) is 9.84 Å². The average molecular weight is 275 g/mol. The second-order valence-electron chi connectivity index (χ2n) is 5.93. The standard InChI is InChI=1S/C14H29NO2S/c1-4-10-15-13-7-5-6-8-14(13)18(16,17)11-9-12(2)3/h12-15H,4-11H2,1-3H3. The maximum Gasteiger partial charge on any atom is 0.154 e. The lowest BCUT2D eigenvalue weighted by Crippen LogP contribution is -2.47. The van der Waals surface area contributed by atoms with Crippen LogP contribution in [0.1, 0.15) is 59.3 Å². The fourth-order valence-corrected chi connectivity index (χ4v) is 5.00. The second-order valence-corrected chi connectivity index (χ2v) is 8.27. The molecule has 0 aromatic heterocycles. The van der Waals surface area contributed by atoms with E-state index >= 15 is 0 Å². The molecule has 1 fully saturated rings. The Morgan fingerprint density at radius 2 is 1.89 bits per heavy atom. The van der Waals surface area contributed by atoms with E-state index in [1.54, 1.807) is 0 Å². The van der Waals surface area contributed by atoms with E-state index in [-0.39, 0.29) is 11.3 Å². The first kappa shape index (κ1) is 16.0. The Labute approximate surface area is 113 Å². The summed E-state index contributed by atoms with van der Waals surface area (Å²) in [6.45, 7) is 7.23. The van der Waals surface area contributed by atoms with Crippen molar-refractivity contribution in [2.75, 3.05) is 12.3 Å². The third-order valence-corrected chi connectivity index (χ3v) is 6.09. The molecule has 0 spiro atoms. The van der Waals surface area contributed by atoms with E-state index in [9.17, 15) is 8.42 Å². The minimum atomic E-state index is -2.92. The van der Waals surface area contributed by atoms with Crippen LogP contribution in [0, 0.1) is 5.92 Å². The number of nitrogens with one attached hydrogen (secondary N) is 1. The zero-order chi connectivity index (χ0) is 13.6. The first-order valence-electron chi connectivity index (χ1n) is 7.42. The number of hydrogen-bond donors (Lipinski definition) is 1. The quantitative estimate of drug-likeness (QED) is 0.777. The van der Waals surface area contributed by atoms with Crippen molar-refractivity contribution in [1.82, 2.24) is 5.32 Å². The Balaban J connectivity index is 2.63. The SMILES string of the molecule is CCCNC1CCCCC1S(=O)(=O)CCC(C)C. The normalized spacial score (nSPS) is 25.6. The molecule has 2 atom stereocenters. The van der Waals surface area contributed by atoms with Crippen LogP contribution in [0.25, 0.3) is 0 Å². The molecule has 0 aliphatic heterocycles. The predicted octanol–water partition coefficient (Wildman–Crippen LogP) is 2.76. The van der Waals surface area contributed by atoms with Crippen LogP contribution in [-0.2, 0) is 9.84 Å². The van der Waals surface area contributed by atoms with Crippen molar-refractivity contribution in [3.8, 4) is 0 Å². The van der Waals surface area contributed by atoms with Crippen LogP contribution in [-0.4, -0.2) is 32.0 Å². The van der Waals surface area contributed by atoms with E-state index in [4.69, 9.17) is 0 Å². The summed E-state index contributed by atoms with van der Waals surface area (Å²) in [6, 6.07) is 0.191. The molecule has 1 rings (SSSR count). The Hall–Kier alpha value is -0.0900. The molecule has 0 radical (unpaired) electrons. The van der Waals surface area contributed by atoms with Crippen molar-refractivity contribution in [1.29, 1.82) is 0 Å². The average Bonchev–Trinajstić information content (AvgIpc) is 2.34. The van der Waals surface area contributed by atoms with E-state index in [2.05, 4.69) is 26.1 Å². The van der Waals surface area contributed by atoms with E-state index in [0.717, 1.165) is 45.1 Å². The van der Waals surface area contributed by atoms with E-state index < -0.39 is 9.84 Å². The fourth-order valence-electron chi connectivity index (χ4n) is 2.64. The summed E-state index contributed by atoms with van der Waals surface area (Å²) in [5.41, 5.74) is 0. The van der Waals surface area contributed by atoms with Gasteiger partial charge in [-0.05, 0) is 38.1 Å². The predicted molar refractivity (Wildman–Crippen MR) is 77.6 cm³/mol. The number of rotatable bonds is 7. The van der Waals surface area contributed by atoms with Gasteiger partial charge in [0.1, 0.15) is 0 Å². The molecule has 108 valence electrons. The van der Waals surface area contributed by atoms with Gasteiger partial charge in [-0.3, -0.25) is 0 Å².